The van der Waals surface area contributed by atoms with E-state index in [4.69, 9.17) is 14.2 Å². The van der Waals surface area contributed by atoms with Crippen molar-refractivity contribution in [2.24, 2.45) is 0 Å². The van der Waals surface area contributed by atoms with Crippen molar-refractivity contribution in [3.63, 3.8) is 0 Å². The van der Waals surface area contributed by atoms with Crippen LogP contribution in [-0.2, 0) is 14.2 Å². The molecule has 0 spiro atoms. The van der Waals surface area contributed by atoms with Gasteiger partial charge in [-0.3, -0.25) is 0 Å². The van der Waals surface area contributed by atoms with Gasteiger partial charge in [-0.05, 0) is 52.5 Å². The first-order valence-corrected chi connectivity index (χ1v) is 9.69. The number of ether oxygens (including phenoxy) is 3. The number of thioether (sulfide) groups is 2. The first kappa shape index (κ1) is 17.9. The van der Waals surface area contributed by atoms with Gasteiger partial charge in [0.15, 0.2) is 5.79 Å². The van der Waals surface area contributed by atoms with E-state index in [1.807, 2.05) is 58.1 Å². The van der Waals surface area contributed by atoms with Crippen molar-refractivity contribution < 1.29 is 19.3 Å². The maximum Gasteiger partial charge on any atom is 0.163 e. The van der Waals surface area contributed by atoms with E-state index < -0.39 is 11.9 Å². The topological polar surface area (TPSA) is 47.9 Å². The van der Waals surface area contributed by atoms with Crippen LogP contribution >= 0.6 is 23.5 Å². The van der Waals surface area contributed by atoms with E-state index in [0.717, 1.165) is 11.5 Å². The predicted molar refractivity (Wildman–Crippen MR) is 88.9 cm³/mol. The fourth-order valence-corrected chi connectivity index (χ4v) is 5.48. The molecule has 0 bridgehead atoms. The van der Waals surface area contributed by atoms with Crippen LogP contribution in [0.15, 0.2) is 0 Å². The van der Waals surface area contributed by atoms with Gasteiger partial charge in [-0.15, -0.1) is 23.5 Å². The molecular weight excluding hydrogens is 308 g/mol. The highest BCUT2D eigenvalue weighted by atomic mass is 32.2. The highest BCUT2D eigenvalue weighted by Crippen LogP contribution is 2.42. The predicted octanol–water partition coefficient (Wildman–Crippen LogP) is 2.88. The summed E-state index contributed by atoms with van der Waals surface area (Å²) in [6, 6.07) is 0. The first-order chi connectivity index (χ1) is 9.68. The largest absolute Gasteiger partial charge is 0.388 e. The summed E-state index contributed by atoms with van der Waals surface area (Å²) in [6.07, 6.45) is 0.154. The van der Waals surface area contributed by atoms with Crippen LogP contribution in [-0.4, -0.2) is 57.5 Å². The van der Waals surface area contributed by atoms with Crippen molar-refractivity contribution in [1.82, 2.24) is 0 Å². The van der Waals surface area contributed by atoms with Crippen molar-refractivity contribution in [3.05, 3.63) is 0 Å². The molecule has 0 aliphatic carbocycles. The Bertz CT molecular complexity index is 337. The number of hydrogen-bond donors (Lipinski definition) is 1. The lowest BCUT2D eigenvalue weighted by Gasteiger charge is -2.31. The van der Waals surface area contributed by atoms with Crippen LogP contribution in [0.25, 0.3) is 0 Å². The molecule has 2 rings (SSSR count). The second-order valence-electron chi connectivity index (χ2n) is 7.02. The molecule has 0 amide bonds. The second kappa shape index (κ2) is 6.97. The Morgan fingerprint density at radius 3 is 2.43 bits per heavy atom. The highest BCUT2D eigenvalue weighted by Gasteiger charge is 2.49. The van der Waals surface area contributed by atoms with E-state index >= 15 is 0 Å². The second-order valence-corrected chi connectivity index (χ2v) is 9.82. The van der Waals surface area contributed by atoms with Gasteiger partial charge in [-0.25, -0.2) is 0 Å². The lowest BCUT2D eigenvalue weighted by Crippen LogP contribution is -2.44. The van der Waals surface area contributed by atoms with Gasteiger partial charge < -0.3 is 19.3 Å². The SMILES string of the molecule is CC(C)(C)OC[C@@H](O)[C@@H]1OC(C)(C)O[C@@H]1C1SCCCS1. The average molecular weight is 337 g/mol. The maximum absolute atomic E-state index is 10.5. The molecular formula is C15H28O4S2. The molecule has 1 N–H and O–H groups in total. The summed E-state index contributed by atoms with van der Waals surface area (Å²) in [7, 11) is 0. The van der Waals surface area contributed by atoms with E-state index in [2.05, 4.69) is 0 Å². The van der Waals surface area contributed by atoms with Crippen LogP contribution in [0.1, 0.15) is 41.0 Å². The Morgan fingerprint density at radius 2 is 1.86 bits per heavy atom. The molecule has 124 valence electrons. The lowest BCUT2D eigenvalue weighted by atomic mass is 10.1. The van der Waals surface area contributed by atoms with Crippen molar-refractivity contribution in [3.8, 4) is 0 Å². The summed E-state index contributed by atoms with van der Waals surface area (Å²) >= 11 is 3.82. The van der Waals surface area contributed by atoms with Crippen LogP contribution in [0, 0.1) is 0 Å². The standard InChI is InChI=1S/C15H28O4S2/c1-14(2,3)17-9-10(16)11-12(19-15(4,5)18-11)13-20-7-6-8-21-13/h10-13,16H,6-9H2,1-5H3/t10-,11+,12+/m1/s1. The van der Waals surface area contributed by atoms with Crippen LogP contribution in [0.2, 0.25) is 0 Å². The highest BCUT2D eigenvalue weighted by molar-refractivity contribution is 8.17. The number of hydrogen-bond acceptors (Lipinski definition) is 6. The average Bonchev–Trinajstić information content (AvgIpc) is 2.72. The molecule has 6 heteroatoms. The van der Waals surface area contributed by atoms with Gasteiger partial charge in [0.2, 0.25) is 0 Å². The Kier molecular flexibility index (Phi) is 5.94. The van der Waals surface area contributed by atoms with Gasteiger partial charge in [0, 0.05) is 0 Å². The lowest BCUT2D eigenvalue weighted by molar-refractivity contribution is -0.162. The van der Waals surface area contributed by atoms with Gasteiger partial charge in [-0.1, -0.05) is 0 Å². The summed E-state index contributed by atoms with van der Waals surface area (Å²) in [5, 5.41) is 10.5. The van der Waals surface area contributed by atoms with E-state index in [1.165, 1.54) is 6.42 Å². The Labute approximate surface area is 136 Å². The van der Waals surface area contributed by atoms with Gasteiger partial charge in [-0.2, -0.15) is 0 Å². The molecule has 0 aromatic heterocycles. The zero-order chi connectivity index (χ0) is 15.7. The molecule has 2 saturated heterocycles. The van der Waals surface area contributed by atoms with E-state index in [1.54, 1.807) is 0 Å². The molecule has 0 aromatic carbocycles. The fraction of sp³-hybridized carbons (Fsp3) is 1.00. The van der Waals surface area contributed by atoms with Crippen LogP contribution in [0.4, 0.5) is 0 Å². The van der Waals surface area contributed by atoms with E-state index in [9.17, 15) is 5.11 Å². The molecule has 21 heavy (non-hydrogen) atoms. The maximum atomic E-state index is 10.5. The monoisotopic (exact) mass is 336 g/mol. The summed E-state index contributed by atoms with van der Waals surface area (Å²) < 4.78 is 18.1. The Balaban J connectivity index is 1.99. The van der Waals surface area contributed by atoms with E-state index in [-0.39, 0.29) is 24.4 Å². The molecule has 2 fully saturated rings. The molecule has 2 aliphatic heterocycles. The van der Waals surface area contributed by atoms with Crippen LogP contribution < -0.4 is 0 Å². The molecule has 0 aromatic rings. The van der Waals surface area contributed by atoms with Crippen molar-refractivity contribution in [2.45, 2.75) is 75.3 Å². The third kappa shape index (κ3) is 5.29. The zero-order valence-electron chi connectivity index (χ0n) is 13.6. The zero-order valence-corrected chi connectivity index (χ0v) is 15.3. The summed E-state index contributed by atoms with van der Waals surface area (Å²) in [5.74, 6) is 1.66. The summed E-state index contributed by atoms with van der Waals surface area (Å²) in [4.78, 5) is 0. The van der Waals surface area contributed by atoms with E-state index in [0.29, 0.717) is 4.58 Å². The minimum Gasteiger partial charge on any atom is -0.388 e. The molecule has 3 atom stereocenters. The molecule has 4 nitrogen and oxygen atoms in total. The normalized spacial score (nSPS) is 32.3. The van der Waals surface area contributed by atoms with Crippen LogP contribution in [0.3, 0.4) is 0 Å². The van der Waals surface area contributed by atoms with Gasteiger partial charge >= 0.3 is 0 Å². The minimum absolute atomic E-state index is 0.0890. The van der Waals surface area contributed by atoms with Crippen LogP contribution in [0.5, 0.6) is 0 Å². The molecule has 2 aliphatic rings. The minimum atomic E-state index is -0.667. The molecule has 0 unspecified atom stereocenters. The van der Waals surface area contributed by atoms with Gasteiger partial charge in [0.1, 0.15) is 18.3 Å². The smallest absolute Gasteiger partial charge is 0.163 e. The Hall–Kier alpha value is 0.540. The fourth-order valence-electron chi connectivity index (χ4n) is 2.45. The third-order valence-electron chi connectivity index (χ3n) is 3.35. The number of rotatable bonds is 4. The molecule has 0 saturated carbocycles. The number of aliphatic hydroxyl groups is 1. The third-order valence-corrected chi connectivity index (χ3v) is 6.41. The Morgan fingerprint density at radius 1 is 1.24 bits per heavy atom. The first-order valence-electron chi connectivity index (χ1n) is 7.59. The van der Waals surface area contributed by atoms with Crippen molar-refractivity contribution in [2.75, 3.05) is 18.1 Å². The van der Waals surface area contributed by atoms with Gasteiger partial charge in [0.25, 0.3) is 0 Å². The summed E-state index contributed by atoms with van der Waals surface area (Å²) in [5.41, 5.74) is -0.264. The van der Waals surface area contributed by atoms with Gasteiger partial charge in [0.05, 0.1) is 16.8 Å². The summed E-state index contributed by atoms with van der Waals surface area (Å²) in [6.45, 7) is 10.1. The van der Waals surface area contributed by atoms with Crippen molar-refractivity contribution in [1.29, 1.82) is 0 Å². The number of aliphatic hydroxyl groups excluding tert-OH is 1. The van der Waals surface area contributed by atoms with Crippen molar-refractivity contribution >= 4 is 23.5 Å². The molecule has 0 radical (unpaired) electrons. The quantitative estimate of drug-likeness (QED) is 0.852. The molecule has 2 heterocycles.